The first kappa shape index (κ1) is 22.1. The highest BCUT2D eigenvalue weighted by molar-refractivity contribution is 7.54. The number of imidazole rings is 1. The number of aromatic nitrogens is 4. The van der Waals surface area contributed by atoms with E-state index in [4.69, 9.17) is 13.8 Å². The predicted octanol–water partition coefficient (Wildman–Crippen LogP) is 1.66. The summed E-state index contributed by atoms with van der Waals surface area (Å²) in [7, 11) is -1.64. The van der Waals surface area contributed by atoms with Gasteiger partial charge in [0, 0.05) is 19.8 Å². The summed E-state index contributed by atoms with van der Waals surface area (Å²) >= 11 is 0. The van der Waals surface area contributed by atoms with E-state index >= 15 is 0 Å². The maximum Gasteiger partial charge on any atom is 0.366 e. The van der Waals surface area contributed by atoms with Crippen molar-refractivity contribution in [1.82, 2.24) is 19.5 Å². The van der Waals surface area contributed by atoms with Crippen molar-refractivity contribution in [3.8, 4) is 0 Å². The van der Waals surface area contributed by atoms with Crippen molar-refractivity contribution in [3.05, 3.63) is 60.4 Å². The van der Waals surface area contributed by atoms with Crippen LogP contribution in [0.3, 0.4) is 0 Å². The van der Waals surface area contributed by atoms with Crippen LogP contribution in [-0.4, -0.2) is 61.8 Å². The van der Waals surface area contributed by atoms with Crippen molar-refractivity contribution in [1.29, 1.82) is 0 Å². The van der Waals surface area contributed by atoms with Crippen molar-refractivity contribution in [2.45, 2.75) is 18.2 Å². The third-order valence-electron chi connectivity index (χ3n) is 4.85. The van der Waals surface area contributed by atoms with Gasteiger partial charge in [-0.1, -0.05) is 18.2 Å². The molecule has 0 saturated carbocycles. The first-order chi connectivity index (χ1) is 15.4. The Labute approximate surface area is 182 Å². The summed E-state index contributed by atoms with van der Waals surface area (Å²) < 4.78 is 29.0. The summed E-state index contributed by atoms with van der Waals surface area (Å²) in [6.07, 6.45) is 1.48. The predicted molar refractivity (Wildman–Crippen MR) is 112 cm³/mol. The molecule has 12 nitrogen and oxygen atoms in total. The lowest BCUT2D eigenvalue weighted by atomic mass is 10.2. The molecule has 3 atom stereocenters. The molecule has 4 rings (SSSR count). The molecule has 1 aliphatic rings. The summed E-state index contributed by atoms with van der Waals surface area (Å²) in [6.45, 7) is 0. The van der Waals surface area contributed by atoms with Gasteiger partial charge in [0.15, 0.2) is 17.0 Å². The number of nitrogens with zero attached hydrogens (tertiary/aromatic N) is 4. The fraction of sp³-hybridized carbons (Fsp3) is 0.263. The number of hydrogen-bond donors (Lipinski definition) is 3. The zero-order valence-electron chi connectivity index (χ0n) is 17.0. The van der Waals surface area contributed by atoms with Crippen LogP contribution in [0.25, 0.3) is 11.2 Å². The average Bonchev–Trinajstić information content (AvgIpc) is 3.42. The molecule has 13 heteroatoms. The highest BCUT2D eigenvalue weighted by atomic mass is 31.2. The van der Waals surface area contributed by atoms with Gasteiger partial charge in [-0.3, -0.25) is 13.9 Å². The number of anilines is 1. The van der Waals surface area contributed by atoms with Crippen molar-refractivity contribution in [3.63, 3.8) is 0 Å². The molecule has 1 aromatic carbocycles. The Morgan fingerprint density at radius 2 is 1.94 bits per heavy atom. The zero-order valence-corrected chi connectivity index (χ0v) is 17.9. The molecular formula is C19H20N5O7P. The number of aliphatic hydroxyl groups excluding tert-OH is 2. The van der Waals surface area contributed by atoms with Gasteiger partial charge in [0.2, 0.25) is 12.1 Å². The van der Waals surface area contributed by atoms with Gasteiger partial charge in [0.1, 0.15) is 24.5 Å². The topological polar surface area (TPSA) is 158 Å². The second-order valence-electron chi connectivity index (χ2n) is 6.71. The third kappa shape index (κ3) is 3.90. The highest BCUT2D eigenvalue weighted by Crippen LogP contribution is 2.54. The van der Waals surface area contributed by atoms with Crippen molar-refractivity contribution < 1.29 is 33.4 Å². The fourth-order valence-electron chi connectivity index (χ4n) is 3.20. The van der Waals surface area contributed by atoms with Crippen LogP contribution in [0.2, 0.25) is 0 Å². The quantitative estimate of drug-likeness (QED) is 0.442. The summed E-state index contributed by atoms with van der Waals surface area (Å²) in [4.78, 5) is 25.0. The highest BCUT2D eigenvalue weighted by Gasteiger charge is 2.42. The average molecular weight is 461 g/mol. The van der Waals surface area contributed by atoms with E-state index in [9.17, 15) is 19.6 Å². The molecule has 0 aliphatic carbocycles. The van der Waals surface area contributed by atoms with Gasteiger partial charge in [0.05, 0.1) is 0 Å². The Morgan fingerprint density at radius 1 is 1.22 bits per heavy atom. The van der Waals surface area contributed by atoms with E-state index in [-0.39, 0.29) is 28.6 Å². The molecule has 1 amide bonds. The zero-order chi connectivity index (χ0) is 22.9. The number of amides is 1. The number of ether oxygens (including phenoxy) is 1. The Kier molecular flexibility index (Phi) is 6.04. The Morgan fingerprint density at radius 3 is 2.62 bits per heavy atom. The van der Waals surface area contributed by atoms with E-state index in [0.717, 1.165) is 14.2 Å². The minimum atomic E-state index is -3.90. The lowest BCUT2D eigenvalue weighted by molar-refractivity contribution is -0.0113. The molecule has 0 fully saturated rings. The summed E-state index contributed by atoms with van der Waals surface area (Å²) in [5.74, 6) is -2.11. The second-order valence-corrected chi connectivity index (χ2v) is 9.01. The number of nitrogens with one attached hydrogen (secondary N) is 1. The van der Waals surface area contributed by atoms with Crippen LogP contribution in [-0.2, 0) is 18.3 Å². The Bertz CT molecular complexity index is 1210. The lowest BCUT2D eigenvalue weighted by Gasteiger charge is -2.22. The minimum absolute atomic E-state index is 0.173. The van der Waals surface area contributed by atoms with Crippen LogP contribution in [0.1, 0.15) is 16.6 Å². The molecule has 1 aliphatic heterocycles. The SMILES string of the molecule is COP(=O)(OC)C(O)C1=C[C@@H](O)[C@H](n2cnc3c(NC(=O)c4ccccc4)ncnc32)O1. The molecule has 168 valence electrons. The van der Waals surface area contributed by atoms with Crippen LogP contribution in [0.15, 0.2) is 54.8 Å². The van der Waals surface area contributed by atoms with Gasteiger partial charge >= 0.3 is 7.60 Å². The maximum atomic E-state index is 12.5. The second kappa shape index (κ2) is 8.77. The molecule has 3 heterocycles. The van der Waals surface area contributed by atoms with E-state index < -0.39 is 25.8 Å². The maximum absolute atomic E-state index is 12.5. The molecule has 2 aromatic heterocycles. The van der Waals surface area contributed by atoms with Gasteiger partial charge in [-0.15, -0.1) is 0 Å². The number of hydrogen-bond acceptors (Lipinski definition) is 10. The normalized spacial score (nSPS) is 19.4. The molecule has 1 unspecified atom stereocenters. The summed E-state index contributed by atoms with van der Waals surface area (Å²) in [5, 5.41) is 23.5. The molecule has 0 radical (unpaired) electrons. The minimum Gasteiger partial charge on any atom is -0.468 e. The number of benzene rings is 1. The Hall–Kier alpha value is -3.15. The monoisotopic (exact) mass is 461 g/mol. The molecular weight excluding hydrogens is 441 g/mol. The third-order valence-corrected chi connectivity index (χ3v) is 6.72. The van der Waals surface area contributed by atoms with E-state index in [1.165, 1.54) is 23.3 Å². The van der Waals surface area contributed by atoms with E-state index in [2.05, 4.69) is 20.3 Å². The largest absolute Gasteiger partial charge is 0.468 e. The van der Waals surface area contributed by atoms with Crippen LogP contribution < -0.4 is 5.32 Å². The molecule has 3 aromatic rings. The standard InChI is InChI=1S/C19H20N5O7P/c1-29-32(28,30-2)19(27)13-8-12(25)18(31-13)24-10-22-14-15(20-9-21-16(14)24)23-17(26)11-6-4-3-5-7-11/h3-10,12,18-19,25,27H,1-2H3,(H,20,21,23,26)/t12-,18-,19?/m1/s1. The lowest BCUT2D eigenvalue weighted by Crippen LogP contribution is -2.21. The van der Waals surface area contributed by atoms with Crippen LogP contribution in [0.5, 0.6) is 0 Å². The first-order valence-electron chi connectivity index (χ1n) is 9.37. The summed E-state index contributed by atoms with van der Waals surface area (Å²) in [5.41, 5.74) is 0.969. The molecule has 32 heavy (non-hydrogen) atoms. The van der Waals surface area contributed by atoms with E-state index in [0.29, 0.717) is 5.56 Å². The van der Waals surface area contributed by atoms with Crippen molar-refractivity contribution in [2.75, 3.05) is 19.5 Å². The van der Waals surface area contributed by atoms with Gasteiger partial charge in [-0.25, -0.2) is 15.0 Å². The van der Waals surface area contributed by atoms with Crippen LogP contribution >= 0.6 is 7.60 Å². The number of carbonyl (C=O) groups is 1. The Balaban J connectivity index is 1.60. The number of carbonyl (C=O) groups excluding carboxylic acids is 1. The molecule has 0 spiro atoms. The number of aliphatic hydroxyl groups is 2. The van der Waals surface area contributed by atoms with Crippen LogP contribution in [0.4, 0.5) is 5.82 Å². The van der Waals surface area contributed by atoms with Gasteiger partial charge in [0.25, 0.3) is 5.91 Å². The van der Waals surface area contributed by atoms with E-state index in [1.807, 2.05) is 0 Å². The van der Waals surface area contributed by atoms with E-state index in [1.54, 1.807) is 30.3 Å². The number of fused-ring (bicyclic) bond motifs is 1. The van der Waals surface area contributed by atoms with Gasteiger partial charge in [-0.2, -0.15) is 0 Å². The summed E-state index contributed by atoms with van der Waals surface area (Å²) in [6, 6.07) is 8.59. The molecule has 0 bridgehead atoms. The van der Waals surface area contributed by atoms with Gasteiger partial charge < -0.3 is 29.3 Å². The van der Waals surface area contributed by atoms with Crippen LogP contribution in [0, 0.1) is 0 Å². The first-order valence-corrected chi connectivity index (χ1v) is 11.0. The van der Waals surface area contributed by atoms with Crippen molar-refractivity contribution in [2.24, 2.45) is 0 Å². The van der Waals surface area contributed by atoms with Gasteiger partial charge in [-0.05, 0) is 18.2 Å². The smallest absolute Gasteiger partial charge is 0.366 e. The van der Waals surface area contributed by atoms with Crippen molar-refractivity contribution >= 4 is 30.5 Å². The fourth-order valence-corrected chi connectivity index (χ4v) is 4.20. The number of rotatable bonds is 7. The molecule has 3 N–H and O–H groups in total. The molecule has 0 saturated heterocycles.